The Bertz CT molecular complexity index is 349. The zero-order valence-electron chi connectivity index (χ0n) is 8.44. The summed E-state index contributed by atoms with van der Waals surface area (Å²) in [4.78, 5) is 1.20. The van der Waals surface area contributed by atoms with Crippen LogP contribution >= 0.6 is 11.9 Å². The monoisotopic (exact) mass is 219 g/mol. The topological polar surface area (TPSA) is 39.1 Å². The van der Waals surface area contributed by atoms with E-state index in [-0.39, 0.29) is 0 Å². The van der Waals surface area contributed by atoms with Crippen molar-refractivity contribution in [3.63, 3.8) is 0 Å². The van der Waals surface area contributed by atoms with Gasteiger partial charge < -0.3 is 5.32 Å². The molecule has 1 N–H and O–H groups in total. The van der Waals surface area contributed by atoms with Crippen molar-refractivity contribution in [3.8, 4) is 6.07 Å². The summed E-state index contributed by atoms with van der Waals surface area (Å²) in [6.45, 7) is 4.27. The lowest BCUT2D eigenvalue weighted by Gasteiger charge is -2.25. The number of hydrogen-bond acceptors (Lipinski definition) is 4. The van der Waals surface area contributed by atoms with Gasteiger partial charge in [0.1, 0.15) is 0 Å². The van der Waals surface area contributed by atoms with Gasteiger partial charge in [-0.15, -0.1) is 0 Å². The molecule has 15 heavy (non-hydrogen) atoms. The number of benzene rings is 1. The molecule has 0 amide bonds. The van der Waals surface area contributed by atoms with E-state index in [1.54, 1.807) is 11.9 Å². The van der Waals surface area contributed by atoms with Gasteiger partial charge in [0.15, 0.2) is 0 Å². The molecule has 1 aliphatic rings. The highest BCUT2D eigenvalue weighted by Gasteiger charge is 2.10. The highest BCUT2D eigenvalue weighted by Crippen LogP contribution is 2.22. The van der Waals surface area contributed by atoms with Crippen molar-refractivity contribution in [1.29, 1.82) is 5.26 Å². The normalized spacial score (nSPS) is 17.3. The highest BCUT2D eigenvalue weighted by molar-refractivity contribution is 7.97. The van der Waals surface area contributed by atoms with Gasteiger partial charge in [0.05, 0.1) is 11.6 Å². The van der Waals surface area contributed by atoms with Crippen LogP contribution in [0.15, 0.2) is 29.2 Å². The second-order valence-corrected chi connectivity index (χ2v) is 4.58. The van der Waals surface area contributed by atoms with E-state index >= 15 is 0 Å². The number of nitrogens with zero attached hydrogens (tertiary/aromatic N) is 2. The summed E-state index contributed by atoms with van der Waals surface area (Å²) in [7, 11) is 0. The van der Waals surface area contributed by atoms with Crippen molar-refractivity contribution in [3.05, 3.63) is 29.8 Å². The minimum Gasteiger partial charge on any atom is -0.314 e. The molecular formula is C11H13N3S. The van der Waals surface area contributed by atoms with Gasteiger partial charge in [-0.25, -0.2) is 4.31 Å². The lowest BCUT2D eigenvalue weighted by molar-refractivity contribution is 0.396. The SMILES string of the molecule is N#Cc1ccc(SN2CCNCC2)cc1. The molecule has 0 unspecified atom stereocenters. The second-order valence-electron chi connectivity index (χ2n) is 3.41. The van der Waals surface area contributed by atoms with Crippen molar-refractivity contribution in [2.24, 2.45) is 0 Å². The summed E-state index contributed by atoms with van der Waals surface area (Å²) in [6, 6.07) is 9.87. The Morgan fingerprint density at radius 2 is 1.87 bits per heavy atom. The van der Waals surface area contributed by atoms with Crippen LogP contribution in [0.2, 0.25) is 0 Å². The van der Waals surface area contributed by atoms with Gasteiger partial charge >= 0.3 is 0 Å². The summed E-state index contributed by atoms with van der Waals surface area (Å²) in [5.74, 6) is 0. The van der Waals surface area contributed by atoms with Crippen LogP contribution in [0.3, 0.4) is 0 Å². The molecule has 1 saturated heterocycles. The number of nitrogens with one attached hydrogen (secondary N) is 1. The van der Waals surface area contributed by atoms with Crippen molar-refractivity contribution < 1.29 is 0 Å². The van der Waals surface area contributed by atoms with E-state index in [0.717, 1.165) is 31.7 Å². The minimum absolute atomic E-state index is 0.722. The fourth-order valence-corrected chi connectivity index (χ4v) is 2.40. The second kappa shape index (κ2) is 5.17. The maximum atomic E-state index is 8.67. The fourth-order valence-electron chi connectivity index (χ4n) is 1.48. The fraction of sp³-hybridized carbons (Fsp3) is 0.364. The van der Waals surface area contributed by atoms with Crippen LogP contribution < -0.4 is 5.32 Å². The van der Waals surface area contributed by atoms with Crippen LogP contribution in [-0.2, 0) is 0 Å². The molecule has 1 aliphatic heterocycles. The molecule has 78 valence electrons. The van der Waals surface area contributed by atoms with E-state index in [1.165, 1.54) is 4.90 Å². The molecule has 1 aromatic carbocycles. The first-order valence-electron chi connectivity index (χ1n) is 5.02. The summed E-state index contributed by atoms with van der Waals surface area (Å²) in [5, 5.41) is 12.0. The molecule has 2 rings (SSSR count). The first kappa shape index (κ1) is 10.5. The summed E-state index contributed by atoms with van der Waals surface area (Å²) >= 11 is 1.77. The van der Waals surface area contributed by atoms with Crippen molar-refractivity contribution in [2.45, 2.75) is 4.90 Å². The predicted molar refractivity (Wildman–Crippen MR) is 61.5 cm³/mol. The summed E-state index contributed by atoms with van der Waals surface area (Å²) in [5.41, 5.74) is 0.722. The molecule has 0 radical (unpaired) electrons. The Kier molecular flexibility index (Phi) is 3.62. The van der Waals surface area contributed by atoms with Gasteiger partial charge in [-0.05, 0) is 36.2 Å². The van der Waals surface area contributed by atoms with Gasteiger partial charge in [-0.3, -0.25) is 0 Å². The zero-order chi connectivity index (χ0) is 10.5. The van der Waals surface area contributed by atoms with Crippen LogP contribution in [0.1, 0.15) is 5.56 Å². The molecule has 3 nitrogen and oxygen atoms in total. The van der Waals surface area contributed by atoms with Gasteiger partial charge in [-0.2, -0.15) is 5.26 Å². The minimum atomic E-state index is 0.722. The summed E-state index contributed by atoms with van der Waals surface area (Å²) < 4.78 is 2.35. The van der Waals surface area contributed by atoms with Gasteiger partial charge in [0.2, 0.25) is 0 Å². The third-order valence-electron chi connectivity index (χ3n) is 2.29. The maximum absolute atomic E-state index is 8.67. The Morgan fingerprint density at radius 1 is 1.20 bits per heavy atom. The first-order chi connectivity index (χ1) is 7.38. The van der Waals surface area contributed by atoms with E-state index in [4.69, 9.17) is 5.26 Å². The van der Waals surface area contributed by atoms with Crippen LogP contribution in [0.5, 0.6) is 0 Å². The van der Waals surface area contributed by atoms with Crippen LogP contribution in [0.25, 0.3) is 0 Å². The third kappa shape index (κ3) is 2.96. The molecular weight excluding hydrogens is 206 g/mol. The van der Waals surface area contributed by atoms with E-state index < -0.39 is 0 Å². The molecule has 0 bridgehead atoms. The third-order valence-corrected chi connectivity index (χ3v) is 3.40. The summed E-state index contributed by atoms with van der Waals surface area (Å²) in [6.07, 6.45) is 0. The Morgan fingerprint density at radius 3 is 2.47 bits per heavy atom. The largest absolute Gasteiger partial charge is 0.314 e. The van der Waals surface area contributed by atoms with Gasteiger partial charge in [0, 0.05) is 31.1 Å². The van der Waals surface area contributed by atoms with Crippen molar-refractivity contribution in [2.75, 3.05) is 26.2 Å². The molecule has 4 heteroatoms. The Hall–Kier alpha value is -1.02. The standard InChI is InChI=1S/C11H13N3S/c12-9-10-1-3-11(4-2-10)15-14-7-5-13-6-8-14/h1-4,13H,5-8H2. The number of piperazine rings is 1. The average Bonchev–Trinajstić information content (AvgIpc) is 2.31. The van der Waals surface area contributed by atoms with Gasteiger partial charge in [0.25, 0.3) is 0 Å². The molecule has 0 atom stereocenters. The van der Waals surface area contributed by atoms with Crippen LogP contribution in [0.4, 0.5) is 0 Å². The Labute approximate surface area is 94.2 Å². The van der Waals surface area contributed by atoms with E-state index in [1.807, 2.05) is 24.3 Å². The maximum Gasteiger partial charge on any atom is 0.0991 e. The number of nitriles is 1. The van der Waals surface area contributed by atoms with E-state index in [2.05, 4.69) is 15.7 Å². The Balaban J connectivity index is 1.95. The van der Waals surface area contributed by atoms with E-state index in [0.29, 0.717) is 0 Å². The van der Waals surface area contributed by atoms with E-state index in [9.17, 15) is 0 Å². The number of rotatable bonds is 2. The van der Waals surface area contributed by atoms with Crippen molar-refractivity contribution >= 4 is 11.9 Å². The lowest BCUT2D eigenvalue weighted by Crippen LogP contribution is -2.39. The molecule has 0 aromatic heterocycles. The first-order valence-corrected chi connectivity index (χ1v) is 5.79. The molecule has 0 saturated carbocycles. The van der Waals surface area contributed by atoms with Gasteiger partial charge in [-0.1, -0.05) is 0 Å². The molecule has 1 heterocycles. The highest BCUT2D eigenvalue weighted by atomic mass is 32.2. The lowest BCUT2D eigenvalue weighted by atomic mass is 10.2. The predicted octanol–water partition coefficient (Wildman–Crippen LogP) is 1.47. The van der Waals surface area contributed by atoms with Crippen molar-refractivity contribution in [1.82, 2.24) is 9.62 Å². The smallest absolute Gasteiger partial charge is 0.0991 e. The molecule has 0 spiro atoms. The van der Waals surface area contributed by atoms with Crippen LogP contribution in [-0.4, -0.2) is 30.5 Å². The average molecular weight is 219 g/mol. The van der Waals surface area contributed by atoms with Crippen LogP contribution in [0, 0.1) is 11.3 Å². The number of hydrogen-bond donors (Lipinski definition) is 1. The molecule has 0 aliphatic carbocycles. The molecule has 1 fully saturated rings. The molecule has 1 aromatic rings. The quantitative estimate of drug-likeness (QED) is 0.765. The zero-order valence-corrected chi connectivity index (χ0v) is 9.26.